The van der Waals surface area contributed by atoms with E-state index in [1.807, 2.05) is 4.90 Å². The largest absolute Gasteiger partial charge is 0.573 e. The van der Waals surface area contributed by atoms with Crippen molar-refractivity contribution >= 4 is 21.5 Å². The summed E-state index contributed by atoms with van der Waals surface area (Å²) in [5.74, 6) is -1.38. The quantitative estimate of drug-likeness (QED) is 0.175. The summed E-state index contributed by atoms with van der Waals surface area (Å²) in [7, 11) is -5.47. The number of ether oxygens (including phenoxy) is 2. The van der Waals surface area contributed by atoms with Gasteiger partial charge in [0.05, 0.1) is 4.90 Å². The van der Waals surface area contributed by atoms with Crippen LogP contribution in [0.25, 0.3) is 0 Å². The van der Waals surface area contributed by atoms with Crippen LogP contribution in [0.15, 0.2) is 71.8 Å². The van der Waals surface area contributed by atoms with Crippen LogP contribution in [-0.2, 0) is 16.4 Å². The van der Waals surface area contributed by atoms with Gasteiger partial charge in [-0.3, -0.25) is 19.5 Å². The van der Waals surface area contributed by atoms with Gasteiger partial charge in [0.25, 0.3) is 15.7 Å². The Labute approximate surface area is 282 Å². The second-order valence-electron chi connectivity index (χ2n) is 12.1. The zero-order valence-corrected chi connectivity index (χ0v) is 27.1. The molecule has 50 heavy (non-hydrogen) atoms. The number of rotatable bonds is 10. The molecule has 2 atom stereocenters. The summed E-state index contributed by atoms with van der Waals surface area (Å²) in [5, 5.41) is 0. The molecule has 17 heteroatoms. The predicted octanol–water partition coefficient (Wildman–Crippen LogP) is 6.39. The minimum absolute atomic E-state index is 0.0537. The molecule has 5 rings (SSSR count). The molecule has 3 aromatic rings. The van der Waals surface area contributed by atoms with Crippen molar-refractivity contribution in [1.29, 1.82) is 0 Å². The average Bonchev–Trinajstić information content (AvgIpc) is 3.06. The van der Waals surface area contributed by atoms with Crippen LogP contribution in [0.4, 0.5) is 30.7 Å². The van der Waals surface area contributed by atoms with Crippen molar-refractivity contribution in [3.63, 3.8) is 0 Å². The van der Waals surface area contributed by atoms with Crippen molar-refractivity contribution in [2.24, 2.45) is 5.92 Å². The Morgan fingerprint density at radius 2 is 1.48 bits per heavy atom. The van der Waals surface area contributed by atoms with E-state index in [1.54, 1.807) is 4.90 Å². The third-order valence-corrected chi connectivity index (χ3v) is 10.0. The smallest absolute Gasteiger partial charge is 0.490 e. The van der Waals surface area contributed by atoms with E-state index in [1.165, 1.54) is 42.6 Å². The van der Waals surface area contributed by atoms with Gasteiger partial charge in [-0.25, -0.2) is 12.8 Å². The molecule has 2 saturated heterocycles. The molecule has 1 amide bonds. The molecule has 0 N–H and O–H groups in total. The summed E-state index contributed by atoms with van der Waals surface area (Å²) in [4.78, 5) is 32.6. The molecular weight excluding hydrogens is 699 g/mol. The van der Waals surface area contributed by atoms with Crippen LogP contribution in [0, 0.1) is 5.92 Å². The molecule has 0 spiro atoms. The third-order valence-electron chi connectivity index (χ3n) is 8.55. The molecule has 0 saturated carbocycles. The molecule has 2 fully saturated rings. The second-order valence-corrected chi connectivity index (χ2v) is 14.0. The molecule has 2 aliphatic rings. The number of benzene rings is 2. The highest BCUT2D eigenvalue weighted by Crippen LogP contribution is 2.32. The molecule has 2 aliphatic heterocycles. The van der Waals surface area contributed by atoms with Gasteiger partial charge in [0, 0.05) is 57.2 Å². The fourth-order valence-electron chi connectivity index (χ4n) is 5.85. The molecule has 9 nitrogen and oxygen atoms in total. The third kappa shape index (κ3) is 9.29. The summed E-state index contributed by atoms with van der Waals surface area (Å²) in [6.45, 7) is 1.46. The topological polar surface area (TPSA) is 106 Å². The van der Waals surface area contributed by atoms with Gasteiger partial charge < -0.3 is 14.4 Å². The van der Waals surface area contributed by atoms with E-state index >= 15 is 4.39 Å². The lowest BCUT2D eigenvalue weighted by Crippen LogP contribution is -2.42. The Kier molecular flexibility index (Phi) is 11.1. The molecule has 0 bridgehead atoms. The van der Waals surface area contributed by atoms with E-state index in [0.717, 1.165) is 24.3 Å². The predicted molar refractivity (Wildman–Crippen MR) is 164 cm³/mol. The molecule has 2 aromatic carbocycles. The standard InChI is InChI=1S/C33H32F7N3O6S/c34-28-20-42(19-21-1-4-26(5-2-21)49-32(35,36)37)14-11-22(28)17-30(44)23-3-10-29(41-18-23)31(45)43-15-12-25(13-16-43)48-24-6-8-27(9-7-24)50(46,47)33(38,39)40/h1-10,18,22,25,28H,11-17,19-20H2/t22?,28-/m1/s1. The Bertz CT molecular complexity index is 1740. The maximum Gasteiger partial charge on any atom is 0.573 e. The normalized spacial score (nSPS) is 19.6. The first-order valence-electron chi connectivity index (χ1n) is 15.6. The van der Waals surface area contributed by atoms with Crippen LogP contribution < -0.4 is 9.47 Å². The SMILES string of the molecule is O=C(CC1CCN(Cc2ccc(OC(F)(F)F)cc2)C[C@H]1F)c1ccc(C(=O)N2CCC(Oc3ccc(S(=O)(=O)C(F)(F)F)cc3)CC2)nc1. The van der Waals surface area contributed by atoms with Gasteiger partial charge >= 0.3 is 11.9 Å². The second kappa shape index (κ2) is 14.9. The zero-order valence-electron chi connectivity index (χ0n) is 26.3. The first-order valence-corrected chi connectivity index (χ1v) is 17.0. The monoisotopic (exact) mass is 731 g/mol. The number of pyridine rings is 1. The first kappa shape index (κ1) is 37.0. The highest BCUT2D eigenvalue weighted by Gasteiger charge is 2.46. The Hall–Kier alpha value is -4.25. The van der Waals surface area contributed by atoms with E-state index < -0.39 is 38.7 Å². The molecule has 3 heterocycles. The number of halogens is 7. The Morgan fingerprint density at radius 1 is 0.840 bits per heavy atom. The van der Waals surface area contributed by atoms with Crippen molar-refractivity contribution in [2.45, 2.75) is 61.3 Å². The number of carbonyl (C=O) groups is 2. The summed E-state index contributed by atoms with van der Waals surface area (Å²) in [6, 6.07) is 12.2. The van der Waals surface area contributed by atoms with E-state index in [0.29, 0.717) is 51.0 Å². The maximum absolute atomic E-state index is 15.1. The van der Waals surface area contributed by atoms with Crippen molar-refractivity contribution in [3.05, 3.63) is 83.7 Å². The summed E-state index contributed by atoms with van der Waals surface area (Å²) in [6.07, 6.45) is -4.03. The minimum atomic E-state index is -5.47. The number of ketones is 1. The van der Waals surface area contributed by atoms with E-state index in [-0.39, 0.29) is 53.5 Å². The average molecular weight is 732 g/mol. The maximum atomic E-state index is 15.1. The number of hydrogen-bond donors (Lipinski definition) is 0. The zero-order chi connectivity index (χ0) is 36.3. The van der Waals surface area contributed by atoms with Gasteiger partial charge in [-0.05, 0) is 73.0 Å². The Balaban J connectivity index is 1.06. The number of aromatic nitrogens is 1. The fraction of sp³-hybridized carbons (Fsp3) is 0.424. The molecule has 0 aliphatic carbocycles. The number of carbonyl (C=O) groups excluding carboxylic acids is 2. The molecule has 0 radical (unpaired) electrons. The summed E-state index contributed by atoms with van der Waals surface area (Å²) >= 11 is 0. The summed E-state index contributed by atoms with van der Waals surface area (Å²) < 4.78 is 123. The van der Waals surface area contributed by atoms with Crippen LogP contribution in [0.2, 0.25) is 0 Å². The molecule has 270 valence electrons. The number of nitrogens with zero attached hydrogens (tertiary/aromatic N) is 3. The summed E-state index contributed by atoms with van der Waals surface area (Å²) in [5.41, 5.74) is -4.38. The van der Waals surface area contributed by atoms with Gasteiger partial charge in [0.15, 0.2) is 5.78 Å². The molecule has 1 aromatic heterocycles. The highest BCUT2D eigenvalue weighted by atomic mass is 32.2. The lowest BCUT2D eigenvalue weighted by atomic mass is 9.88. The number of hydrogen-bond acceptors (Lipinski definition) is 8. The molecule has 1 unspecified atom stereocenters. The highest BCUT2D eigenvalue weighted by molar-refractivity contribution is 7.92. The van der Waals surface area contributed by atoms with Gasteiger partial charge in [-0.1, -0.05) is 12.1 Å². The lowest BCUT2D eigenvalue weighted by molar-refractivity contribution is -0.274. The number of alkyl halides is 7. The van der Waals surface area contributed by atoms with Crippen LogP contribution in [0.3, 0.4) is 0 Å². The van der Waals surface area contributed by atoms with Crippen LogP contribution >= 0.6 is 0 Å². The number of likely N-dealkylation sites (tertiary alicyclic amines) is 2. The number of Topliss-reactive ketones (excluding diaryl/α,β-unsaturated/α-hetero) is 1. The first-order chi connectivity index (χ1) is 23.5. The van der Waals surface area contributed by atoms with Gasteiger partial charge in [0.1, 0.15) is 29.5 Å². The minimum Gasteiger partial charge on any atom is -0.490 e. The fourth-order valence-corrected chi connectivity index (χ4v) is 6.61. The van der Waals surface area contributed by atoms with E-state index in [9.17, 15) is 44.3 Å². The van der Waals surface area contributed by atoms with Crippen molar-refractivity contribution < 1.29 is 58.2 Å². The number of sulfone groups is 1. The number of piperidine rings is 2. The van der Waals surface area contributed by atoms with Crippen LogP contribution in [0.1, 0.15) is 52.1 Å². The van der Waals surface area contributed by atoms with Crippen LogP contribution in [-0.4, -0.2) is 85.2 Å². The van der Waals surface area contributed by atoms with Gasteiger partial charge in [-0.15, -0.1) is 13.2 Å². The van der Waals surface area contributed by atoms with Gasteiger partial charge in [0.2, 0.25) is 0 Å². The van der Waals surface area contributed by atoms with Crippen molar-refractivity contribution in [3.8, 4) is 11.5 Å². The van der Waals surface area contributed by atoms with E-state index in [4.69, 9.17) is 4.74 Å². The van der Waals surface area contributed by atoms with Crippen LogP contribution in [0.5, 0.6) is 11.5 Å². The lowest BCUT2D eigenvalue weighted by Gasteiger charge is -2.34. The number of amides is 1. The van der Waals surface area contributed by atoms with Gasteiger partial charge in [-0.2, -0.15) is 13.2 Å². The van der Waals surface area contributed by atoms with Crippen molar-refractivity contribution in [1.82, 2.24) is 14.8 Å². The Morgan fingerprint density at radius 3 is 2.04 bits per heavy atom. The molecular formula is C33H32F7N3O6S. The van der Waals surface area contributed by atoms with Crippen molar-refractivity contribution in [2.75, 3.05) is 26.2 Å². The van der Waals surface area contributed by atoms with E-state index in [2.05, 4.69) is 9.72 Å².